The molecule has 1 saturated heterocycles. The molecule has 1 fully saturated rings. The quantitative estimate of drug-likeness (QED) is 0.836. The van der Waals surface area contributed by atoms with Gasteiger partial charge in [-0.3, -0.25) is 9.59 Å². The summed E-state index contributed by atoms with van der Waals surface area (Å²) in [5, 5.41) is 4.40. The second-order valence-electron chi connectivity index (χ2n) is 6.23. The highest BCUT2D eigenvalue weighted by Crippen LogP contribution is 2.14. The minimum atomic E-state index is -0.176. The van der Waals surface area contributed by atoms with Gasteiger partial charge in [-0.25, -0.2) is 4.68 Å². The Balaban J connectivity index is 1.67. The summed E-state index contributed by atoms with van der Waals surface area (Å²) in [7, 11) is 2.14. The maximum Gasteiger partial charge on any atom is 0.266 e. The molecule has 1 N–H and O–H groups in total. The van der Waals surface area contributed by atoms with Gasteiger partial charge in [0.05, 0.1) is 45.5 Å². The molecule has 2 heterocycles. The molecule has 6 nitrogen and oxygen atoms in total. The lowest BCUT2D eigenvalue weighted by atomic mass is 10.1. The molecule has 1 aliphatic heterocycles. The van der Waals surface area contributed by atoms with Crippen molar-refractivity contribution in [2.45, 2.75) is 13.0 Å². The van der Waals surface area contributed by atoms with E-state index in [1.807, 2.05) is 35.2 Å². The molecule has 0 bridgehead atoms. The van der Waals surface area contributed by atoms with E-state index in [4.69, 9.17) is 0 Å². The standard InChI is InChI=1S/C18H22N4O2/c1-20-11-13-21(14-12-20)17(23)9-10-22-18(24)8-7-16(19-22)15-5-3-2-4-6-15/h2-8H,9-14H2,1H3/p+1. The maximum absolute atomic E-state index is 12.3. The summed E-state index contributed by atoms with van der Waals surface area (Å²) in [4.78, 5) is 27.7. The Bertz CT molecular complexity index is 749. The third kappa shape index (κ3) is 3.89. The first-order valence-electron chi connectivity index (χ1n) is 8.36. The number of carbonyl (C=O) groups is 1. The molecule has 0 saturated carbocycles. The van der Waals surface area contributed by atoms with Crippen LogP contribution in [0.4, 0.5) is 0 Å². The van der Waals surface area contributed by atoms with Gasteiger partial charge in [-0.15, -0.1) is 0 Å². The van der Waals surface area contributed by atoms with Gasteiger partial charge in [-0.1, -0.05) is 30.3 Å². The van der Waals surface area contributed by atoms with E-state index in [9.17, 15) is 9.59 Å². The molecule has 6 heteroatoms. The number of aromatic nitrogens is 2. The van der Waals surface area contributed by atoms with Crippen LogP contribution in [0.1, 0.15) is 6.42 Å². The van der Waals surface area contributed by atoms with Crippen LogP contribution >= 0.6 is 0 Å². The van der Waals surface area contributed by atoms with Gasteiger partial charge in [0.25, 0.3) is 5.56 Å². The number of nitrogens with one attached hydrogen (secondary N) is 1. The van der Waals surface area contributed by atoms with Crippen molar-refractivity contribution in [3.63, 3.8) is 0 Å². The van der Waals surface area contributed by atoms with E-state index in [1.165, 1.54) is 15.6 Å². The fourth-order valence-electron chi connectivity index (χ4n) is 2.87. The number of nitrogens with zero attached hydrogens (tertiary/aromatic N) is 3. The van der Waals surface area contributed by atoms with Gasteiger partial charge < -0.3 is 9.80 Å². The van der Waals surface area contributed by atoms with Gasteiger partial charge in [0.1, 0.15) is 0 Å². The second-order valence-corrected chi connectivity index (χ2v) is 6.23. The molecular weight excluding hydrogens is 304 g/mol. The number of rotatable bonds is 4. The number of likely N-dealkylation sites (N-methyl/N-ethyl adjacent to an activating group) is 1. The number of carbonyl (C=O) groups excluding carboxylic acids is 1. The van der Waals surface area contributed by atoms with Crippen molar-refractivity contribution < 1.29 is 9.69 Å². The van der Waals surface area contributed by atoms with Crippen molar-refractivity contribution in [3.8, 4) is 11.3 Å². The van der Waals surface area contributed by atoms with Gasteiger partial charge in [0, 0.05) is 18.1 Å². The first kappa shape index (κ1) is 16.4. The van der Waals surface area contributed by atoms with Crippen LogP contribution in [-0.4, -0.2) is 53.8 Å². The van der Waals surface area contributed by atoms with Crippen molar-refractivity contribution in [1.82, 2.24) is 14.7 Å². The molecule has 0 aliphatic carbocycles. The summed E-state index contributed by atoms with van der Waals surface area (Å²) < 4.78 is 1.39. The molecule has 0 radical (unpaired) electrons. The fourth-order valence-corrected chi connectivity index (χ4v) is 2.87. The molecule has 1 aliphatic rings. The van der Waals surface area contributed by atoms with Crippen LogP contribution in [0.2, 0.25) is 0 Å². The van der Waals surface area contributed by atoms with Gasteiger partial charge in [0.15, 0.2) is 0 Å². The monoisotopic (exact) mass is 327 g/mol. The van der Waals surface area contributed by atoms with Crippen LogP contribution in [0.15, 0.2) is 47.3 Å². The smallest absolute Gasteiger partial charge is 0.266 e. The highest BCUT2D eigenvalue weighted by molar-refractivity contribution is 5.76. The average Bonchev–Trinajstić information content (AvgIpc) is 2.62. The number of piperazine rings is 1. The number of aryl methyl sites for hydroxylation is 1. The molecule has 3 rings (SSSR count). The Labute approximate surface area is 141 Å². The van der Waals surface area contributed by atoms with E-state index in [0.717, 1.165) is 37.4 Å². The average molecular weight is 327 g/mol. The van der Waals surface area contributed by atoms with Gasteiger partial charge in [-0.2, -0.15) is 5.10 Å². The second kappa shape index (κ2) is 7.40. The van der Waals surface area contributed by atoms with Crippen molar-refractivity contribution >= 4 is 5.91 Å². The van der Waals surface area contributed by atoms with Gasteiger partial charge in [0.2, 0.25) is 5.91 Å². The van der Waals surface area contributed by atoms with Crippen LogP contribution in [-0.2, 0) is 11.3 Å². The van der Waals surface area contributed by atoms with Gasteiger partial charge >= 0.3 is 0 Å². The third-order valence-electron chi connectivity index (χ3n) is 4.44. The molecule has 24 heavy (non-hydrogen) atoms. The van der Waals surface area contributed by atoms with Crippen molar-refractivity contribution in [2.24, 2.45) is 0 Å². The number of hydrogen-bond donors (Lipinski definition) is 1. The molecule has 1 aromatic heterocycles. The number of hydrogen-bond acceptors (Lipinski definition) is 3. The van der Waals surface area contributed by atoms with Crippen molar-refractivity contribution in [1.29, 1.82) is 0 Å². The summed E-state index contributed by atoms with van der Waals surface area (Å²) in [6, 6.07) is 13.0. The minimum absolute atomic E-state index is 0.0984. The van der Waals surface area contributed by atoms with Crippen LogP contribution in [0.25, 0.3) is 11.3 Å². The topological polar surface area (TPSA) is 59.6 Å². The molecule has 0 unspecified atom stereocenters. The Morgan fingerprint density at radius 2 is 1.83 bits per heavy atom. The zero-order chi connectivity index (χ0) is 16.9. The predicted octanol–water partition coefficient (Wildman–Crippen LogP) is -0.343. The molecular formula is C18H23N4O2+. The van der Waals surface area contributed by atoms with E-state index in [-0.39, 0.29) is 11.5 Å². The fraction of sp³-hybridized carbons (Fsp3) is 0.389. The van der Waals surface area contributed by atoms with E-state index in [2.05, 4.69) is 12.1 Å². The minimum Gasteiger partial charge on any atom is -0.334 e. The number of benzene rings is 1. The molecule has 2 aromatic rings. The predicted molar refractivity (Wildman–Crippen MR) is 91.8 cm³/mol. The Morgan fingerprint density at radius 3 is 2.54 bits per heavy atom. The summed E-state index contributed by atoms with van der Waals surface area (Å²) in [5.41, 5.74) is 1.52. The Kier molecular flexibility index (Phi) is 5.05. The first-order chi connectivity index (χ1) is 11.6. The first-order valence-corrected chi connectivity index (χ1v) is 8.36. The van der Waals surface area contributed by atoms with E-state index in [0.29, 0.717) is 13.0 Å². The van der Waals surface area contributed by atoms with Crippen LogP contribution < -0.4 is 10.5 Å². The van der Waals surface area contributed by atoms with E-state index >= 15 is 0 Å². The molecule has 1 amide bonds. The molecule has 0 atom stereocenters. The largest absolute Gasteiger partial charge is 0.334 e. The van der Waals surface area contributed by atoms with Crippen LogP contribution in [0.5, 0.6) is 0 Å². The normalized spacial score (nSPS) is 15.5. The Hall–Kier alpha value is -2.47. The summed E-state index contributed by atoms with van der Waals surface area (Å²) in [6.07, 6.45) is 0.310. The molecule has 1 aromatic carbocycles. The van der Waals surface area contributed by atoms with E-state index < -0.39 is 0 Å². The van der Waals surface area contributed by atoms with Crippen LogP contribution in [0.3, 0.4) is 0 Å². The number of quaternary nitrogens is 1. The zero-order valence-corrected chi connectivity index (χ0v) is 13.9. The maximum atomic E-state index is 12.3. The van der Waals surface area contributed by atoms with Crippen molar-refractivity contribution in [3.05, 3.63) is 52.8 Å². The van der Waals surface area contributed by atoms with Gasteiger partial charge in [-0.05, 0) is 6.07 Å². The zero-order valence-electron chi connectivity index (χ0n) is 13.9. The lowest BCUT2D eigenvalue weighted by Crippen LogP contribution is -3.12. The molecule has 0 spiro atoms. The molecule has 126 valence electrons. The third-order valence-corrected chi connectivity index (χ3v) is 4.44. The number of amides is 1. The van der Waals surface area contributed by atoms with Crippen LogP contribution in [0, 0.1) is 0 Å². The van der Waals surface area contributed by atoms with E-state index in [1.54, 1.807) is 6.07 Å². The Morgan fingerprint density at radius 1 is 1.12 bits per heavy atom. The SMILES string of the molecule is C[NH+]1CCN(C(=O)CCn2nc(-c3ccccc3)ccc2=O)CC1. The summed E-state index contributed by atoms with van der Waals surface area (Å²) in [6.45, 7) is 3.85. The lowest BCUT2D eigenvalue weighted by molar-refractivity contribution is -0.883. The highest BCUT2D eigenvalue weighted by atomic mass is 16.2. The van der Waals surface area contributed by atoms with Crippen molar-refractivity contribution in [2.75, 3.05) is 33.2 Å². The highest BCUT2D eigenvalue weighted by Gasteiger charge is 2.21. The summed E-state index contributed by atoms with van der Waals surface area (Å²) in [5.74, 6) is 0.0984. The lowest BCUT2D eigenvalue weighted by Gasteiger charge is -2.30. The summed E-state index contributed by atoms with van der Waals surface area (Å²) >= 11 is 0.